The summed E-state index contributed by atoms with van der Waals surface area (Å²) in [7, 11) is 0. The molecule has 2 amide bonds. The molecule has 5 nitrogen and oxygen atoms in total. The van der Waals surface area contributed by atoms with Gasteiger partial charge in [-0.25, -0.2) is 4.39 Å². The molecule has 0 spiro atoms. The zero-order valence-electron chi connectivity index (χ0n) is 21.1. The van der Waals surface area contributed by atoms with E-state index in [1.807, 2.05) is 43.9 Å². The van der Waals surface area contributed by atoms with Gasteiger partial charge in [-0.3, -0.25) is 9.59 Å². The van der Waals surface area contributed by atoms with Gasteiger partial charge in [-0.15, -0.1) is 0 Å². The lowest BCUT2D eigenvalue weighted by molar-refractivity contribution is -0.133. The van der Waals surface area contributed by atoms with Crippen molar-refractivity contribution in [1.29, 1.82) is 0 Å². The quantitative estimate of drug-likeness (QED) is 0.456. The molecule has 0 saturated heterocycles. The molecular formula is C30H33FN2O3. The van der Waals surface area contributed by atoms with Gasteiger partial charge in [0, 0.05) is 19.5 Å². The van der Waals surface area contributed by atoms with Gasteiger partial charge in [0.15, 0.2) is 6.10 Å². The average Bonchev–Trinajstić information content (AvgIpc) is 2.89. The summed E-state index contributed by atoms with van der Waals surface area (Å²) < 4.78 is 19.6. The Hall–Kier alpha value is -3.67. The first-order chi connectivity index (χ1) is 17.4. The fourth-order valence-electron chi connectivity index (χ4n) is 4.68. The maximum absolute atomic E-state index is 13.5. The third-order valence-corrected chi connectivity index (χ3v) is 6.66. The number of carbonyl (C=O) groups excluding carboxylic acids is 2. The summed E-state index contributed by atoms with van der Waals surface area (Å²) in [6, 6.07) is 20.1. The predicted molar refractivity (Wildman–Crippen MR) is 138 cm³/mol. The molecule has 0 fully saturated rings. The van der Waals surface area contributed by atoms with Gasteiger partial charge in [-0.1, -0.05) is 61.9 Å². The van der Waals surface area contributed by atoms with E-state index in [1.54, 1.807) is 12.1 Å². The van der Waals surface area contributed by atoms with Gasteiger partial charge in [-0.05, 0) is 66.3 Å². The number of hydrogen-bond acceptors (Lipinski definition) is 3. The summed E-state index contributed by atoms with van der Waals surface area (Å²) in [6.07, 6.45) is 1.01. The molecule has 188 valence electrons. The highest BCUT2D eigenvalue weighted by Gasteiger charge is 2.32. The maximum atomic E-state index is 13.5. The second-order valence-corrected chi connectivity index (χ2v) is 9.23. The van der Waals surface area contributed by atoms with Crippen molar-refractivity contribution in [2.45, 2.75) is 58.7 Å². The molecule has 4 rings (SSSR count). The Labute approximate surface area is 212 Å². The summed E-state index contributed by atoms with van der Waals surface area (Å²) in [5, 5.41) is 2.85. The van der Waals surface area contributed by atoms with Crippen LogP contribution < -0.4 is 10.1 Å². The van der Waals surface area contributed by atoms with E-state index in [0.29, 0.717) is 30.7 Å². The Morgan fingerprint density at radius 1 is 1.08 bits per heavy atom. The highest BCUT2D eigenvalue weighted by atomic mass is 19.1. The van der Waals surface area contributed by atoms with E-state index < -0.39 is 6.10 Å². The number of benzene rings is 3. The molecule has 36 heavy (non-hydrogen) atoms. The van der Waals surface area contributed by atoms with E-state index in [4.69, 9.17) is 4.74 Å². The normalized spacial score (nSPS) is 15.7. The lowest BCUT2D eigenvalue weighted by Crippen LogP contribution is -2.40. The van der Waals surface area contributed by atoms with Crippen LogP contribution in [0.15, 0.2) is 66.7 Å². The highest BCUT2D eigenvalue weighted by molar-refractivity contribution is 5.81. The van der Waals surface area contributed by atoms with Crippen LogP contribution in [0.1, 0.15) is 60.5 Å². The molecule has 3 aromatic rings. The minimum Gasteiger partial charge on any atom is -0.481 e. The smallest absolute Gasteiger partial charge is 0.261 e. The summed E-state index contributed by atoms with van der Waals surface area (Å²) in [6.45, 7) is 6.71. The Balaban J connectivity index is 1.56. The number of halogens is 1. The van der Waals surface area contributed by atoms with Gasteiger partial charge in [-0.2, -0.15) is 0 Å². The molecule has 0 aromatic heterocycles. The van der Waals surface area contributed by atoms with Crippen LogP contribution in [0.4, 0.5) is 4.39 Å². The zero-order chi connectivity index (χ0) is 25.7. The molecule has 1 aliphatic heterocycles. The molecule has 0 radical (unpaired) electrons. The fourth-order valence-corrected chi connectivity index (χ4v) is 4.68. The van der Waals surface area contributed by atoms with Crippen LogP contribution in [0.5, 0.6) is 5.75 Å². The Morgan fingerprint density at radius 2 is 1.86 bits per heavy atom. The predicted octanol–water partition coefficient (Wildman–Crippen LogP) is 5.49. The van der Waals surface area contributed by atoms with Gasteiger partial charge in [0.25, 0.3) is 5.91 Å². The van der Waals surface area contributed by atoms with Crippen molar-refractivity contribution in [3.05, 3.63) is 100 Å². The third kappa shape index (κ3) is 5.76. The van der Waals surface area contributed by atoms with E-state index in [-0.39, 0.29) is 30.2 Å². The average molecular weight is 489 g/mol. The van der Waals surface area contributed by atoms with Crippen LogP contribution in [-0.2, 0) is 22.6 Å². The lowest BCUT2D eigenvalue weighted by Gasteiger charge is -2.38. The molecule has 0 saturated carbocycles. The molecule has 2 atom stereocenters. The van der Waals surface area contributed by atoms with Crippen molar-refractivity contribution in [3.8, 4) is 5.75 Å². The van der Waals surface area contributed by atoms with Gasteiger partial charge < -0.3 is 15.0 Å². The largest absolute Gasteiger partial charge is 0.481 e. The summed E-state index contributed by atoms with van der Waals surface area (Å²) in [4.78, 5) is 27.6. The number of nitrogens with one attached hydrogen (secondary N) is 1. The minimum absolute atomic E-state index is 0.112. The molecule has 3 aromatic carbocycles. The van der Waals surface area contributed by atoms with E-state index >= 15 is 0 Å². The van der Waals surface area contributed by atoms with Gasteiger partial charge in [0.05, 0.1) is 6.04 Å². The maximum Gasteiger partial charge on any atom is 0.261 e. The molecule has 0 unspecified atom stereocenters. The van der Waals surface area contributed by atoms with Gasteiger partial charge >= 0.3 is 0 Å². The number of fused-ring (bicyclic) bond motifs is 1. The Bertz CT molecular complexity index is 1230. The van der Waals surface area contributed by atoms with Gasteiger partial charge in [0.1, 0.15) is 11.6 Å². The molecular weight excluding hydrogens is 455 g/mol. The number of amides is 2. The van der Waals surface area contributed by atoms with Crippen molar-refractivity contribution >= 4 is 11.8 Å². The third-order valence-electron chi connectivity index (χ3n) is 6.66. The standard InChI is InChI=1S/C30H33FN2O3/c1-4-27(30(35)32-19-21-7-6-8-24(31)17-21)36-25-14-13-22-15-16-33(28(34)5-2)29(26(22)18-25)23-11-9-20(3)10-12-23/h6-14,17-18,27,29H,4-5,15-16,19H2,1-3H3,(H,32,35)/t27-,29+/m0/s1. The second kappa shape index (κ2) is 11.4. The summed E-state index contributed by atoms with van der Waals surface area (Å²) in [5.41, 5.74) is 5.11. The topological polar surface area (TPSA) is 58.6 Å². The first kappa shape index (κ1) is 25.4. The Morgan fingerprint density at radius 3 is 2.56 bits per heavy atom. The highest BCUT2D eigenvalue weighted by Crippen LogP contribution is 2.37. The van der Waals surface area contributed by atoms with Crippen molar-refractivity contribution in [2.75, 3.05) is 6.54 Å². The number of hydrogen-bond donors (Lipinski definition) is 1. The van der Waals surface area contributed by atoms with Crippen molar-refractivity contribution in [1.82, 2.24) is 10.2 Å². The first-order valence-electron chi connectivity index (χ1n) is 12.6. The number of carbonyl (C=O) groups is 2. The number of aryl methyl sites for hydroxylation is 1. The number of ether oxygens (including phenoxy) is 1. The number of rotatable bonds is 8. The van der Waals surface area contributed by atoms with E-state index in [9.17, 15) is 14.0 Å². The molecule has 0 bridgehead atoms. The molecule has 1 heterocycles. The zero-order valence-corrected chi connectivity index (χ0v) is 21.1. The summed E-state index contributed by atoms with van der Waals surface area (Å²) >= 11 is 0. The van der Waals surface area contributed by atoms with Crippen LogP contribution in [0.2, 0.25) is 0 Å². The number of nitrogens with zero attached hydrogens (tertiary/aromatic N) is 1. The molecule has 0 aliphatic carbocycles. The Kier molecular flexibility index (Phi) is 8.04. The van der Waals surface area contributed by atoms with Gasteiger partial charge in [0.2, 0.25) is 5.91 Å². The summed E-state index contributed by atoms with van der Waals surface area (Å²) in [5.74, 6) is 0.111. The molecule has 6 heteroatoms. The fraction of sp³-hybridized carbons (Fsp3) is 0.333. The SMILES string of the molecule is CCC(=O)N1CCc2ccc(O[C@@H](CC)C(=O)NCc3cccc(F)c3)cc2[C@H]1c1ccc(C)cc1. The van der Waals surface area contributed by atoms with Crippen molar-refractivity contribution in [3.63, 3.8) is 0 Å². The van der Waals surface area contributed by atoms with Crippen LogP contribution in [-0.4, -0.2) is 29.4 Å². The first-order valence-corrected chi connectivity index (χ1v) is 12.6. The van der Waals surface area contributed by atoms with Crippen LogP contribution in [0.3, 0.4) is 0 Å². The molecule has 1 aliphatic rings. The van der Waals surface area contributed by atoms with Crippen LogP contribution in [0, 0.1) is 12.7 Å². The van der Waals surface area contributed by atoms with Crippen molar-refractivity contribution < 1.29 is 18.7 Å². The van der Waals surface area contributed by atoms with Crippen molar-refractivity contribution in [2.24, 2.45) is 0 Å². The van der Waals surface area contributed by atoms with E-state index in [0.717, 1.165) is 23.1 Å². The molecule has 1 N–H and O–H groups in total. The monoisotopic (exact) mass is 488 g/mol. The lowest BCUT2D eigenvalue weighted by atomic mass is 9.87. The van der Waals surface area contributed by atoms with E-state index in [1.165, 1.54) is 17.7 Å². The van der Waals surface area contributed by atoms with Crippen LogP contribution >= 0.6 is 0 Å². The minimum atomic E-state index is -0.689. The van der Waals surface area contributed by atoms with E-state index in [2.05, 4.69) is 29.6 Å². The van der Waals surface area contributed by atoms with Crippen LogP contribution in [0.25, 0.3) is 0 Å². The second-order valence-electron chi connectivity index (χ2n) is 9.23.